The van der Waals surface area contributed by atoms with Crippen molar-refractivity contribution in [1.29, 1.82) is 0 Å². The van der Waals surface area contributed by atoms with Gasteiger partial charge >= 0.3 is 5.97 Å². The molecule has 1 amide bonds. The standard InChI is InChI=1S/C33H46N2O4/c1-3-38-31-23-26(17-19-28(31)33(37)39-4-2)24-32(36)34-29(20-18-25-13-7-5-8-14-25)27-15-9-10-16-30(27)35-21-11-6-12-22-35/h9-10,15-17,19,23,25,29H,3-8,11-14,18,20-22,24H2,1-2H3,(H,34,36). The fraction of sp³-hybridized carbons (Fsp3) is 0.576. The maximum atomic E-state index is 13.5. The SMILES string of the molecule is CCOC(=O)c1ccc(CC(=O)NC(CCC2CCCCC2)c2ccccc2N2CCCCC2)cc1OCC. The Morgan fingerprint density at radius 3 is 2.44 bits per heavy atom. The van der Waals surface area contributed by atoms with Crippen LogP contribution in [0.15, 0.2) is 42.5 Å². The zero-order valence-corrected chi connectivity index (χ0v) is 23.9. The lowest BCUT2D eigenvalue weighted by Gasteiger charge is -2.33. The highest BCUT2D eigenvalue weighted by atomic mass is 16.5. The molecule has 1 aliphatic carbocycles. The van der Waals surface area contributed by atoms with E-state index in [1.807, 2.05) is 13.0 Å². The molecular formula is C33H46N2O4. The Kier molecular flexibility index (Phi) is 11.1. The average Bonchev–Trinajstić information content (AvgIpc) is 2.97. The summed E-state index contributed by atoms with van der Waals surface area (Å²) in [5.74, 6) is 0.799. The van der Waals surface area contributed by atoms with Crippen LogP contribution in [-0.2, 0) is 16.0 Å². The minimum absolute atomic E-state index is 0.0107. The molecule has 2 fully saturated rings. The van der Waals surface area contributed by atoms with Crippen molar-refractivity contribution in [2.75, 3.05) is 31.2 Å². The van der Waals surface area contributed by atoms with E-state index in [4.69, 9.17) is 9.47 Å². The number of piperidine rings is 1. The number of ether oxygens (including phenoxy) is 2. The Bertz CT molecular complexity index is 1070. The second-order valence-electron chi connectivity index (χ2n) is 11.0. The molecule has 0 bridgehead atoms. The van der Waals surface area contributed by atoms with Crippen LogP contribution in [-0.4, -0.2) is 38.2 Å². The van der Waals surface area contributed by atoms with Crippen LogP contribution in [0.25, 0.3) is 0 Å². The summed E-state index contributed by atoms with van der Waals surface area (Å²) in [6.07, 6.45) is 12.7. The number of benzene rings is 2. The Morgan fingerprint density at radius 1 is 0.949 bits per heavy atom. The first kappa shape index (κ1) is 29.0. The van der Waals surface area contributed by atoms with Crippen molar-refractivity contribution in [3.63, 3.8) is 0 Å². The van der Waals surface area contributed by atoms with Gasteiger partial charge in [0.1, 0.15) is 11.3 Å². The van der Waals surface area contributed by atoms with E-state index >= 15 is 0 Å². The molecule has 1 aliphatic heterocycles. The summed E-state index contributed by atoms with van der Waals surface area (Å²) in [6.45, 7) is 6.55. The quantitative estimate of drug-likeness (QED) is 0.297. The molecule has 1 unspecified atom stereocenters. The number of carbonyl (C=O) groups is 2. The zero-order chi connectivity index (χ0) is 27.5. The first-order chi connectivity index (χ1) is 19.1. The largest absolute Gasteiger partial charge is 0.493 e. The molecule has 1 heterocycles. The zero-order valence-electron chi connectivity index (χ0n) is 23.9. The average molecular weight is 535 g/mol. The molecule has 1 saturated heterocycles. The third kappa shape index (κ3) is 8.23. The van der Waals surface area contributed by atoms with Gasteiger partial charge in [0.05, 0.1) is 25.7 Å². The van der Waals surface area contributed by atoms with Crippen molar-refractivity contribution in [3.8, 4) is 5.75 Å². The number of esters is 1. The van der Waals surface area contributed by atoms with Crippen LogP contribution in [0.5, 0.6) is 5.75 Å². The second kappa shape index (κ2) is 14.9. The topological polar surface area (TPSA) is 67.9 Å². The number of hydrogen-bond acceptors (Lipinski definition) is 5. The molecule has 2 aliphatic rings. The predicted octanol–water partition coefficient (Wildman–Crippen LogP) is 7.01. The summed E-state index contributed by atoms with van der Waals surface area (Å²) in [6, 6.07) is 14.0. The highest BCUT2D eigenvalue weighted by molar-refractivity contribution is 5.93. The normalized spacial score (nSPS) is 16.9. The van der Waals surface area contributed by atoms with E-state index in [9.17, 15) is 9.59 Å². The number of para-hydroxylation sites is 1. The van der Waals surface area contributed by atoms with Crippen LogP contribution in [0.2, 0.25) is 0 Å². The third-order valence-corrected chi connectivity index (χ3v) is 8.14. The van der Waals surface area contributed by atoms with E-state index in [-0.39, 0.29) is 18.4 Å². The summed E-state index contributed by atoms with van der Waals surface area (Å²) in [7, 11) is 0. The van der Waals surface area contributed by atoms with Gasteiger partial charge in [-0.15, -0.1) is 0 Å². The van der Waals surface area contributed by atoms with Crippen molar-refractivity contribution in [2.24, 2.45) is 5.92 Å². The Labute approximate surface area is 234 Å². The van der Waals surface area contributed by atoms with Gasteiger partial charge in [0.2, 0.25) is 5.91 Å². The monoisotopic (exact) mass is 534 g/mol. The Balaban J connectivity index is 1.52. The minimum Gasteiger partial charge on any atom is -0.493 e. The third-order valence-electron chi connectivity index (χ3n) is 8.14. The molecule has 2 aromatic rings. The highest BCUT2D eigenvalue weighted by Gasteiger charge is 2.24. The summed E-state index contributed by atoms with van der Waals surface area (Å²) in [4.78, 5) is 28.3. The fourth-order valence-corrected chi connectivity index (χ4v) is 6.15. The second-order valence-corrected chi connectivity index (χ2v) is 11.0. The minimum atomic E-state index is -0.408. The molecule has 0 aromatic heterocycles. The van der Waals surface area contributed by atoms with Gasteiger partial charge in [-0.1, -0.05) is 56.4 Å². The molecule has 6 nitrogen and oxygen atoms in total. The molecular weight excluding hydrogens is 488 g/mol. The first-order valence-electron chi connectivity index (χ1n) is 15.1. The molecule has 2 aromatic carbocycles. The highest BCUT2D eigenvalue weighted by Crippen LogP contribution is 2.35. The molecule has 1 N–H and O–H groups in total. The maximum Gasteiger partial charge on any atom is 0.341 e. The summed E-state index contributed by atoms with van der Waals surface area (Å²) < 4.78 is 10.9. The molecule has 212 valence electrons. The number of rotatable bonds is 12. The van der Waals surface area contributed by atoms with Gasteiger partial charge in [-0.25, -0.2) is 4.79 Å². The smallest absolute Gasteiger partial charge is 0.341 e. The molecule has 0 radical (unpaired) electrons. The van der Waals surface area contributed by atoms with Crippen LogP contribution < -0.4 is 15.0 Å². The maximum absolute atomic E-state index is 13.5. The van der Waals surface area contributed by atoms with Crippen LogP contribution in [0, 0.1) is 5.92 Å². The summed E-state index contributed by atoms with van der Waals surface area (Å²) in [5, 5.41) is 3.41. The van der Waals surface area contributed by atoms with Crippen molar-refractivity contribution in [1.82, 2.24) is 5.32 Å². The summed E-state index contributed by atoms with van der Waals surface area (Å²) in [5.41, 5.74) is 3.71. The van der Waals surface area contributed by atoms with Crippen LogP contribution in [0.3, 0.4) is 0 Å². The summed E-state index contributed by atoms with van der Waals surface area (Å²) >= 11 is 0. The van der Waals surface area contributed by atoms with Crippen molar-refractivity contribution >= 4 is 17.6 Å². The van der Waals surface area contributed by atoms with Crippen molar-refractivity contribution in [2.45, 2.75) is 90.5 Å². The van der Waals surface area contributed by atoms with Gasteiger partial charge < -0.3 is 19.7 Å². The first-order valence-corrected chi connectivity index (χ1v) is 15.1. The van der Waals surface area contributed by atoms with Gasteiger partial charge in [0.15, 0.2) is 0 Å². The van der Waals surface area contributed by atoms with E-state index in [0.29, 0.717) is 24.5 Å². The van der Waals surface area contributed by atoms with E-state index in [2.05, 4.69) is 34.5 Å². The number of nitrogens with one attached hydrogen (secondary N) is 1. The van der Waals surface area contributed by atoms with Crippen molar-refractivity contribution < 1.29 is 19.1 Å². The van der Waals surface area contributed by atoms with E-state index in [0.717, 1.165) is 37.4 Å². The number of hydrogen-bond donors (Lipinski definition) is 1. The van der Waals surface area contributed by atoms with E-state index < -0.39 is 5.97 Å². The molecule has 0 spiro atoms. The number of anilines is 1. The number of nitrogens with zero attached hydrogens (tertiary/aromatic N) is 1. The molecule has 4 rings (SSSR count). The molecule has 6 heteroatoms. The lowest BCUT2D eigenvalue weighted by molar-refractivity contribution is -0.121. The Morgan fingerprint density at radius 2 is 1.69 bits per heavy atom. The Hall–Kier alpha value is -3.02. The number of carbonyl (C=O) groups excluding carboxylic acids is 2. The molecule has 1 atom stereocenters. The van der Waals surface area contributed by atoms with Gasteiger partial charge in [-0.2, -0.15) is 0 Å². The number of amides is 1. The molecule has 39 heavy (non-hydrogen) atoms. The molecule has 1 saturated carbocycles. The van der Waals surface area contributed by atoms with Crippen LogP contribution >= 0.6 is 0 Å². The van der Waals surface area contributed by atoms with Crippen LogP contribution in [0.4, 0.5) is 5.69 Å². The fourth-order valence-electron chi connectivity index (χ4n) is 6.15. The lowest BCUT2D eigenvalue weighted by atomic mass is 9.84. The van der Waals surface area contributed by atoms with Gasteiger partial charge in [-0.3, -0.25) is 4.79 Å². The van der Waals surface area contributed by atoms with E-state index in [1.165, 1.54) is 62.6 Å². The van der Waals surface area contributed by atoms with E-state index in [1.54, 1.807) is 19.1 Å². The lowest BCUT2D eigenvalue weighted by Crippen LogP contribution is -2.34. The predicted molar refractivity (Wildman–Crippen MR) is 156 cm³/mol. The van der Waals surface area contributed by atoms with Crippen molar-refractivity contribution in [3.05, 3.63) is 59.2 Å². The van der Waals surface area contributed by atoms with Gasteiger partial charge in [0.25, 0.3) is 0 Å². The van der Waals surface area contributed by atoms with Crippen LogP contribution in [0.1, 0.15) is 106 Å². The van der Waals surface area contributed by atoms with Gasteiger partial charge in [-0.05, 0) is 81.2 Å². The van der Waals surface area contributed by atoms with Gasteiger partial charge in [0, 0.05) is 18.8 Å².